The molecule has 1 atom stereocenters. The molecular formula is C14H22ClNO. The van der Waals surface area contributed by atoms with E-state index in [0.29, 0.717) is 10.9 Å². The van der Waals surface area contributed by atoms with Crippen LogP contribution < -0.4 is 5.32 Å². The number of hydrogen-bond donors (Lipinski definition) is 2. The number of aliphatic hydroxyl groups excluding tert-OH is 1. The molecule has 0 aromatic heterocycles. The van der Waals surface area contributed by atoms with Crippen LogP contribution in [0.4, 0.5) is 0 Å². The van der Waals surface area contributed by atoms with E-state index >= 15 is 0 Å². The molecule has 3 heteroatoms. The van der Waals surface area contributed by atoms with Crippen LogP contribution in [-0.4, -0.2) is 18.3 Å². The Kier molecular flexibility index (Phi) is 5.44. The van der Waals surface area contributed by atoms with Crippen LogP contribution in [0, 0.1) is 5.92 Å². The summed E-state index contributed by atoms with van der Waals surface area (Å²) in [4.78, 5) is 0. The van der Waals surface area contributed by atoms with Gasteiger partial charge >= 0.3 is 0 Å². The molecule has 0 fully saturated rings. The molecule has 0 saturated heterocycles. The lowest BCUT2D eigenvalue weighted by Crippen LogP contribution is -2.46. The summed E-state index contributed by atoms with van der Waals surface area (Å²) in [5, 5.41) is 13.9. The van der Waals surface area contributed by atoms with E-state index in [4.69, 9.17) is 11.6 Å². The first kappa shape index (κ1) is 14.5. The first-order chi connectivity index (χ1) is 8.04. The molecule has 0 heterocycles. The Bertz CT molecular complexity index is 348. The number of rotatable bonds is 6. The molecule has 0 spiro atoms. The zero-order valence-corrected chi connectivity index (χ0v) is 11.6. The van der Waals surface area contributed by atoms with Gasteiger partial charge in [0.1, 0.15) is 0 Å². The number of halogens is 1. The van der Waals surface area contributed by atoms with Gasteiger partial charge in [0, 0.05) is 5.02 Å². The van der Waals surface area contributed by atoms with Gasteiger partial charge < -0.3 is 10.4 Å². The van der Waals surface area contributed by atoms with Crippen molar-refractivity contribution in [3.8, 4) is 0 Å². The number of benzene rings is 1. The van der Waals surface area contributed by atoms with Gasteiger partial charge in [0.05, 0.1) is 12.1 Å². The van der Waals surface area contributed by atoms with E-state index in [1.807, 2.05) is 24.3 Å². The van der Waals surface area contributed by atoms with Gasteiger partial charge in [-0.1, -0.05) is 44.5 Å². The summed E-state index contributed by atoms with van der Waals surface area (Å²) in [7, 11) is 0. The summed E-state index contributed by atoms with van der Waals surface area (Å²) in [6.07, 6.45) is 0.830. The highest BCUT2D eigenvalue weighted by atomic mass is 35.5. The molecule has 1 aromatic carbocycles. The number of aliphatic hydroxyl groups is 1. The van der Waals surface area contributed by atoms with Crippen LogP contribution in [0.5, 0.6) is 0 Å². The monoisotopic (exact) mass is 255 g/mol. The van der Waals surface area contributed by atoms with Gasteiger partial charge in [-0.3, -0.25) is 0 Å². The van der Waals surface area contributed by atoms with Crippen LogP contribution >= 0.6 is 11.6 Å². The van der Waals surface area contributed by atoms with Gasteiger partial charge in [-0.25, -0.2) is 0 Å². The lowest BCUT2D eigenvalue weighted by Gasteiger charge is -2.33. The molecular weight excluding hydrogens is 234 g/mol. The topological polar surface area (TPSA) is 32.3 Å². The lowest BCUT2D eigenvalue weighted by molar-refractivity contribution is 0.151. The molecule has 1 aromatic rings. The van der Waals surface area contributed by atoms with Crippen LogP contribution in [0.3, 0.4) is 0 Å². The van der Waals surface area contributed by atoms with Crippen LogP contribution in [0.2, 0.25) is 5.02 Å². The van der Waals surface area contributed by atoms with Gasteiger partial charge in [0.15, 0.2) is 0 Å². The maximum absolute atomic E-state index is 9.73. The molecule has 0 amide bonds. The maximum Gasteiger partial charge on any atom is 0.0667 e. The highest BCUT2D eigenvalue weighted by Gasteiger charge is 2.29. The van der Waals surface area contributed by atoms with Crippen LogP contribution in [0.25, 0.3) is 0 Å². The summed E-state index contributed by atoms with van der Waals surface area (Å²) >= 11 is 6.02. The molecule has 1 rings (SSSR count). The zero-order valence-electron chi connectivity index (χ0n) is 10.8. The third kappa shape index (κ3) is 3.70. The van der Waals surface area contributed by atoms with E-state index in [1.54, 1.807) is 0 Å². The minimum Gasteiger partial charge on any atom is -0.394 e. The number of nitrogens with one attached hydrogen (secondary N) is 1. The van der Waals surface area contributed by atoms with Crippen molar-refractivity contribution >= 4 is 11.6 Å². The van der Waals surface area contributed by atoms with Crippen molar-refractivity contribution in [3.63, 3.8) is 0 Å². The Morgan fingerprint density at radius 2 is 2.12 bits per heavy atom. The van der Waals surface area contributed by atoms with Crippen LogP contribution in [0.15, 0.2) is 24.3 Å². The van der Waals surface area contributed by atoms with Gasteiger partial charge in [0.25, 0.3) is 0 Å². The largest absolute Gasteiger partial charge is 0.394 e. The molecule has 0 radical (unpaired) electrons. The van der Waals surface area contributed by atoms with Gasteiger partial charge in [-0.2, -0.15) is 0 Å². The van der Waals surface area contributed by atoms with E-state index in [-0.39, 0.29) is 12.1 Å². The van der Waals surface area contributed by atoms with Crippen molar-refractivity contribution < 1.29 is 5.11 Å². The highest BCUT2D eigenvalue weighted by Crippen LogP contribution is 2.27. The first-order valence-electron chi connectivity index (χ1n) is 6.16. The van der Waals surface area contributed by atoms with Crippen LogP contribution in [0.1, 0.15) is 32.8 Å². The van der Waals surface area contributed by atoms with Crippen molar-refractivity contribution in [1.29, 1.82) is 0 Å². The summed E-state index contributed by atoms with van der Waals surface area (Å²) in [5.41, 5.74) is 0.672. The third-order valence-electron chi connectivity index (χ3n) is 3.10. The number of hydrogen-bond acceptors (Lipinski definition) is 2. The second-order valence-corrected chi connectivity index (χ2v) is 5.32. The van der Waals surface area contributed by atoms with Crippen molar-refractivity contribution in [2.75, 3.05) is 13.2 Å². The van der Waals surface area contributed by atoms with Crippen molar-refractivity contribution in [2.24, 2.45) is 5.92 Å². The summed E-state index contributed by atoms with van der Waals surface area (Å²) in [5.74, 6) is 0.548. The SMILES string of the molecule is CCC(CO)(NCC(C)C)c1cccc(Cl)c1. The van der Waals surface area contributed by atoms with Crippen LogP contribution in [-0.2, 0) is 5.54 Å². The molecule has 1 unspecified atom stereocenters. The summed E-state index contributed by atoms with van der Waals surface area (Å²) in [6.45, 7) is 7.34. The molecule has 0 aliphatic rings. The quantitative estimate of drug-likeness (QED) is 0.818. The Hall–Kier alpha value is -0.570. The minimum absolute atomic E-state index is 0.0799. The van der Waals surface area contributed by atoms with Crippen molar-refractivity contribution in [1.82, 2.24) is 5.32 Å². The average molecular weight is 256 g/mol. The second kappa shape index (κ2) is 6.39. The molecule has 17 heavy (non-hydrogen) atoms. The first-order valence-corrected chi connectivity index (χ1v) is 6.54. The molecule has 0 aliphatic heterocycles. The molecule has 2 nitrogen and oxygen atoms in total. The average Bonchev–Trinajstić information content (AvgIpc) is 2.31. The van der Waals surface area contributed by atoms with E-state index in [0.717, 1.165) is 18.5 Å². The zero-order chi connectivity index (χ0) is 12.9. The summed E-state index contributed by atoms with van der Waals surface area (Å²) < 4.78 is 0. The molecule has 0 saturated carbocycles. The fourth-order valence-electron chi connectivity index (χ4n) is 1.88. The van der Waals surface area contributed by atoms with E-state index in [2.05, 4.69) is 26.1 Å². The Labute approximate surface area is 109 Å². The Morgan fingerprint density at radius 3 is 2.59 bits per heavy atom. The van der Waals surface area contributed by atoms with Crippen molar-refractivity contribution in [2.45, 2.75) is 32.7 Å². The highest BCUT2D eigenvalue weighted by molar-refractivity contribution is 6.30. The molecule has 96 valence electrons. The smallest absolute Gasteiger partial charge is 0.0667 e. The third-order valence-corrected chi connectivity index (χ3v) is 3.33. The lowest BCUT2D eigenvalue weighted by atomic mass is 9.87. The fraction of sp³-hybridized carbons (Fsp3) is 0.571. The van der Waals surface area contributed by atoms with Gasteiger partial charge in [-0.15, -0.1) is 0 Å². The van der Waals surface area contributed by atoms with E-state index in [9.17, 15) is 5.11 Å². The molecule has 0 bridgehead atoms. The van der Waals surface area contributed by atoms with E-state index in [1.165, 1.54) is 0 Å². The molecule has 2 N–H and O–H groups in total. The van der Waals surface area contributed by atoms with Crippen molar-refractivity contribution in [3.05, 3.63) is 34.9 Å². The van der Waals surface area contributed by atoms with E-state index < -0.39 is 0 Å². The molecule has 0 aliphatic carbocycles. The Balaban J connectivity index is 2.97. The predicted octanol–water partition coefficient (Wildman–Crippen LogP) is 3.18. The Morgan fingerprint density at radius 1 is 1.41 bits per heavy atom. The fourth-order valence-corrected chi connectivity index (χ4v) is 2.07. The maximum atomic E-state index is 9.73. The second-order valence-electron chi connectivity index (χ2n) is 4.88. The van der Waals surface area contributed by atoms with Gasteiger partial charge in [-0.05, 0) is 36.6 Å². The predicted molar refractivity (Wildman–Crippen MR) is 73.3 cm³/mol. The van der Waals surface area contributed by atoms with Gasteiger partial charge in [0.2, 0.25) is 0 Å². The standard InChI is InChI=1S/C14H22ClNO/c1-4-14(10-17,16-9-11(2)3)12-6-5-7-13(15)8-12/h5-8,11,16-17H,4,9-10H2,1-3H3. The normalized spacial score (nSPS) is 14.9. The minimum atomic E-state index is -0.380. The summed E-state index contributed by atoms with van der Waals surface area (Å²) in [6, 6.07) is 7.72.